The number of ether oxygens (including phenoxy) is 1. The predicted molar refractivity (Wildman–Crippen MR) is 88.6 cm³/mol. The highest BCUT2D eigenvalue weighted by Crippen LogP contribution is 2.38. The molecule has 1 saturated heterocycles. The van der Waals surface area contributed by atoms with Gasteiger partial charge >= 0.3 is 0 Å². The Hall–Kier alpha value is -1.85. The van der Waals surface area contributed by atoms with Crippen LogP contribution in [0.4, 0.5) is 0 Å². The fourth-order valence-electron chi connectivity index (χ4n) is 4.20. The van der Waals surface area contributed by atoms with Crippen LogP contribution in [0.15, 0.2) is 29.1 Å². The van der Waals surface area contributed by atoms with Crippen LogP contribution in [0.5, 0.6) is 5.75 Å². The van der Waals surface area contributed by atoms with E-state index in [1.165, 1.54) is 0 Å². The van der Waals surface area contributed by atoms with Crippen LogP contribution < -0.4 is 10.3 Å². The Labute approximate surface area is 134 Å². The van der Waals surface area contributed by atoms with E-state index < -0.39 is 0 Å². The number of H-pyrrole nitrogens is 1. The van der Waals surface area contributed by atoms with E-state index in [-0.39, 0.29) is 11.7 Å². The summed E-state index contributed by atoms with van der Waals surface area (Å²) in [6.07, 6.45) is 1.70. The molecule has 1 aromatic heterocycles. The number of hydrogen-bond acceptors (Lipinski definition) is 4. The van der Waals surface area contributed by atoms with Crippen molar-refractivity contribution in [2.75, 3.05) is 20.2 Å². The van der Waals surface area contributed by atoms with Gasteiger partial charge in [0.05, 0.1) is 18.7 Å². The molecule has 2 aromatic rings. The third kappa shape index (κ3) is 2.75. The lowest BCUT2D eigenvalue weighted by Crippen LogP contribution is -2.26. The van der Waals surface area contributed by atoms with Crippen molar-refractivity contribution in [3.63, 3.8) is 0 Å². The highest BCUT2D eigenvalue weighted by molar-refractivity contribution is 5.80. The summed E-state index contributed by atoms with van der Waals surface area (Å²) in [6, 6.07) is 7.72. The topological polar surface area (TPSA) is 65.6 Å². The van der Waals surface area contributed by atoms with Gasteiger partial charge in [-0.05, 0) is 48.3 Å². The molecular formula is C18H22N2O3. The Bertz CT molecular complexity index is 771. The first kappa shape index (κ1) is 14.7. The molecule has 1 saturated carbocycles. The van der Waals surface area contributed by atoms with Crippen LogP contribution in [0, 0.1) is 11.8 Å². The van der Waals surface area contributed by atoms with Gasteiger partial charge in [-0.3, -0.25) is 9.69 Å². The van der Waals surface area contributed by atoms with Crippen LogP contribution in [0.3, 0.4) is 0 Å². The van der Waals surface area contributed by atoms with Gasteiger partial charge in [-0.25, -0.2) is 0 Å². The summed E-state index contributed by atoms with van der Waals surface area (Å²) in [5, 5.41) is 10.8. The highest BCUT2D eigenvalue weighted by atomic mass is 16.5. The first-order valence-corrected chi connectivity index (χ1v) is 8.23. The number of nitrogens with zero attached hydrogens (tertiary/aromatic N) is 1. The molecule has 5 nitrogen and oxygen atoms in total. The zero-order valence-corrected chi connectivity index (χ0v) is 13.3. The van der Waals surface area contributed by atoms with Crippen molar-refractivity contribution in [3.05, 3.63) is 40.2 Å². The maximum absolute atomic E-state index is 12.4. The van der Waals surface area contributed by atoms with Crippen LogP contribution in [0.2, 0.25) is 0 Å². The van der Waals surface area contributed by atoms with E-state index in [2.05, 4.69) is 9.88 Å². The molecule has 3 atom stereocenters. The minimum Gasteiger partial charge on any atom is -0.497 e. The van der Waals surface area contributed by atoms with Crippen LogP contribution in [-0.2, 0) is 6.54 Å². The largest absolute Gasteiger partial charge is 0.497 e. The molecule has 0 radical (unpaired) electrons. The minimum absolute atomic E-state index is 0.0251. The SMILES string of the molecule is COc1ccc2cc(CN3C[C@H]4CC(O)C[C@H]4C3)c(=O)[nH]c2c1. The van der Waals surface area contributed by atoms with Crippen molar-refractivity contribution in [3.8, 4) is 5.75 Å². The molecule has 1 aromatic carbocycles. The van der Waals surface area contributed by atoms with Crippen molar-refractivity contribution < 1.29 is 9.84 Å². The van der Waals surface area contributed by atoms with Gasteiger partial charge in [0.15, 0.2) is 0 Å². The van der Waals surface area contributed by atoms with Gasteiger partial charge in [-0.2, -0.15) is 0 Å². The fourth-order valence-corrected chi connectivity index (χ4v) is 4.20. The predicted octanol–water partition coefficient (Wildman–Crippen LogP) is 1.74. The second-order valence-corrected chi connectivity index (χ2v) is 6.92. The first-order valence-electron chi connectivity index (χ1n) is 8.23. The lowest BCUT2D eigenvalue weighted by molar-refractivity contribution is 0.161. The summed E-state index contributed by atoms with van der Waals surface area (Å²) in [5.41, 5.74) is 1.59. The quantitative estimate of drug-likeness (QED) is 0.906. The van der Waals surface area contributed by atoms with E-state index in [0.717, 1.165) is 48.1 Å². The molecule has 2 heterocycles. The molecule has 1 unspecified atom stereocenters. The summed E-state index contributed by atoms with van der Waals surface area (Å²) < 4.78 is 5.20. The van der Waals surface area contributed by atoms with Gasteiger partial charge in [0.1, 0.15) is 5.75 Å². The Kier molecular flexibility index (Phi) is 3.62. The molecule has 4 rings (SSSR count). The third-order valence-electron chi connectivity index (χ3n) is 5.33. The molecule has 1 aliphatic heterocycles. The molecule has 2 aliphatic rings. The Morgan fingerprint density at radius 3 is 2.70 bits per heavy atom. The third-order valence-corrected chi connectivity index (χ3v) is 5.33. The summed E-state index contributed by atoms with van der Waals surface area (Å²) in [4.78, 5) is 17.7. The van der Waals surface area contributed by atoms with Gasteiger partial charge in [0.25, 0.3) is 5.56 Å². The zero-order chi connectivity index (χ0) is 16.0. The maximum Gasteiger partial charge on any atom is 0.252 e. The Morgan fingerprint density at radius 1 is 1.26 bits per heavy atom. The number of pyridine rings is 1. The van der Waals surface area contributed by atoms with Crippen molar-refractivity contribution in [1.82, 2.24) is 9.88 Å². The molecule has 2 N–H and O–H groups in total. The average molecular weight is 314 g/mol. The summed E-state index contributed by atoms with van der Waals surface area (Å²) in [7, 11) is 1.62. The van der Waals surface area contributed by atoms with Crippen LogP contribution in [-0.4, -0.2) is 41.3 Å². The van der Waals surface area contributed by atoms with Gasteiger partial charge in [-0.15, -0.1) is 0 Å². The van der Waals surface area contributed by atoms with Crippen molar-refractivity contribution in [1.29, 1.82) is 0 Å². The number of rotatable bonds is 3. The van der Waals surface area contributed by atoms with Crippen molar-refractivity contribution in [2.24, 2.45) is 11.8 Å². The number of hydrogen-bond donors (Lipinski definition) is 2. The van der Waals surface area contributed by atoms with E-state index in [1.54, 1.807) is 7.11 Å². The highest BCUT2D eigenvalue weighted by Gasteiger charge is 2.40. The number of aliphatic hydroxyl groups excluding tert-OH is 1. The van der Waals surface area contributed by atoms with E-state index in [1.807, 2.05) is 24.3 Å². The lowest BCUT2D eigenvalue weighted by atomic mass is 10.0. The molecule has 0 spiro atoms. The Balaban J connectivity index is 1.55. The number of aliphatic hydroxyl groups is 1. The second kappa shape index (κ2) is 5.65. The van der Waals surface area contributed by atoms with Gasteiger partial charge in [-0.1, -0.05) is 0 Å². The number of aromatic nitrogens is 1. The van der Waals surface area contributed by atoms with Crippen LogP contribution in [0.25, 0.3) is 10.9 Å². The number of aromatic amines is 1. The average Bonchev–Trinajstić information content (AvgIpc) is 3.04. The fraction of sp³-hybridized carbons (Fsp3) is 0.500. The molecule has 23 heavy (non-hydrogen) atoms. The van der Waals surface area contributed by atoms with Crippen LogP contribution >= 0.6 is 0 Å². The summed E-state index contributed by atoms with van der Waals surface area (Å²) >= 11 is 0. The number of methoxy groups -OCH3 is 1. The normalized spacial score (nSPS) is 27.5. The van der Waals surface area contributed by atoms with E-state index in [0.29, 0.717) is 18.4 Å². The second-order valence-electron chi connectivity index (χ2n) is 6.92. The van der Waals surface area contributed by atoms with E-state index >= 15 is 0 Å². The van der Waals surface area contributed by atoms with Gasteiger partial charge in [0, 0.05) is 31.3 Å². The monoisotopic (exact) mass is 314 g/mol. The lowest BCUT2D eigenvalue weighted by Gasteiger charge is -2.17. The smallest absolute Gasteiger partial charge is 0.252 e. The molecule has 122 valence electrons. The molecule has 5 heteroatoms. The van der Waals surface area contributed by atoms with Crippen molar-refractivity contribution in [2.45, 2.75) is 25.5 Å². The molecule has 2 fully saturated rings. The van der Waals surface area contributed by atoms with Gasteiger partial charge in [0.2, 0.25) is 0 Å². The Morgan fingerprint density at radius 2 is 2.00 bits per heavy atom. The number of likely N-dealkylation sites (tertiary alicyclic amines) is 1. The molecule has 1 aliphatic carbocycles. The molecular weight excluding hydrogens is 292 g/mol. The zero-order valence-electron chi connectivity index (χ0n) is 13.3. The number of fused-ring (bicyclic) bond motifs is 2. The first-order chi connectivity index (χ1) is 11.1. The molecule has 0 amide bonds. The molecule has 0 bridgehead atoms. The van der Waals surface area contributed by atoms with E-state index in [4.69, 9.17) is 4.74 Å². The van der Waals surface area contributed by atoms with Crippen molar-refractivity contribution >= 4 is 10.9 Å². The summed E-state index contributed by atoms with van der Waals surface area (Å²) in [5.74, 6) is 1.93. The van der Waals surface area contributed by atoms with Gasteiger partial charge < -0.3 is 14.8 Å². The number of benzene rings is 1. The maximum atomic E-state index is 12.4. The number of nitrogens with one attached hydrogen (secondary N) is 1. The van der Waals surface area contributed by atoms with Crippen LogP contribution in [0.1, 0.15) is 18.4 Å². The minimum atomic E-state index is -0.119. The standard InChI is InChI=1S/C18H22N2O3/c1-23-16-3-2-11-4-14(18(22)19-17(11)7-16)10-20-8-12-5-15(21)6-13(12)9-20/h2-4,7,12-13,15,21H,5-6,8-10H2,1H3,(H,19,22)/t12-,13+,15?. The van der Waals surface area contributed by atoms with E-state index in [9.17, 15) is 9.90 Å². The summed E-state index contributed by atoms with van der Waals surface area (Å²) in [6.45, 7) is 2.66.